The van der Waals surface area contributed by atoms with E-state index < -0.39 is 5.60 Å². The van der Waals surface area contributed by atoms with Crippen molar-refractivity contribution in [2.24, 2.45) is 11.7 Å². The maximum atomic E-state index is 12.5. The van der Waals surface area contributed by atoms with Gasteiger partial charge >= 0.3 is 6.09 Å². The minimum absolute atomic E-state index is 0.111. The van der Waals surface area contributed by atoms with Crippen molar-refractivity contribution in [2.45, 2.75) is 83.4 Å². The van der Waals surface area contributed by atoms with E-state index >= 15 is 0 Å². The van der Waals surface area contributed by atoms with E-state index in [2.05, 4.69) is 0 Å². The summed E-state index contributed by atoms with van der Waals surface area (Å²) in [6, 6.07) is 0.290. The lowest BCUT2D eigenvalue weighted by Gasteiger charge is -2.45. The molecule has 2 aliphatic rings. The van der Waals surface area contributed by atoms with Crippen LogP contribution in [-0.4, -0.2) is 35.2 Å². The Kier molecular flexibility index (Phi) is 4.95. The molecule has 2 unspecified atom stereocenters. The number of amides is 1. The molecule has 1 heterocycles. The van der Waals surface area contributed by atoms with Crippen LogP contribution in [-0.2, 0) is 4.74 Å². The van der Waals surface area contributed by atoms with E-state index in [9.17, 15) is 4.79 Å². The van der Waals surface area contributed by atoms with Crippen LogP contribution in [0, 0.1) is 5.92 Å². The normalized spacial score (nSPS) is 29.3. The minimum atomic E-state index is -0.435. The lowest BCUT2D eigenvalue weighted by molar-refractivity contribution is -0.00605. The molecule has 20 heavy (non-hydrogen) atoms. The van der Waals surface area contributed by atoms with E-state index in [1.54, 1.807) is 0 Å². The molecule has 0 aromatic rings. The molecule has 4 nitrogen and oxygen atoms in total. The number of carbonyl (C=O) groups is 1. The molecule has 0 spiro atoms. The van der Waals surface area contributed by atoms with Gasteiger partial charge in [-0.05, 0) is 52.4 Å². The van der Waals surface area contributed by atoms with Crippen LogP contribution in [0.1, 0.15) is 65.7 Å². The maximum absolute atomic E-state index is 12.5. The van der Waals surface area contributed by atoms with E-state index in [1.165, 1.54) is 32.1 Å². The van der Waals surface area contributed by atoms with Gasteiger partial charge < -0.3 is 15.4 Å². The molecule has 2 rings (SSSR count). The number of nitrogens with two attached hydrogens (primary N) is 1. The zero-order valence-electron chi connectivity index (χ0n) is 13.2. The topological polar surface area (TPSA) is 55.6 Å². The Morgan fingerprint density at radius 3 is 2.35 bits per heavy atom. The Morgan fingerprint density at radius 1 is 1.10 bits per heavy atom. The standard InChI is InChI=1S/C16H30N2O2/c1-16(2,3)20-15(19)18-11-7-10-13(17)14(18)12-8-5-4-6-9-12/h12-14H,4-11,17H2,1-3H3. The lowest BCUT2D eigenvalue weighted by atomic mass is 9.78. The fourth-order valence-corrected chi connectivity index (χ4v) is 3.66. The minimum Gasteiger partial charge on any atom is -0.444 e. The predicted molar refractivity (Wildman–Crippen MR) is 80.5 cm³/mol. The van der Waals surface area contributed by atoms with Crippen LogP contribution < -0.4 is 5.73 Å². The molecular formula is C16H30N2O2. The molecule has 0 radical (unpaired) electrons. The molecule has 2 atom stereocenters. The van der Waals surface area contributed by atoms with Gasteiger partial charge in [0.1, 0.15) is 5.60 Å². The van der Waals surface area contributed by atoms with Gasteiger partial charge in [0.15, 0.2) is 0 Å². The Balaban J connectivity index is 2.08. The van der Waals surface area contributed by atoms with Crippen LogP contribution in [0.5, 0.6) is 0 Å². The monoisotopic (exact) mass is 282 g/mol. The number of hydrogen-bond acceptors (Lipinski definition) is 3. The molecule has 0 aromatic carbocycles. The number of nitrogens with zero attached hydrogens (tertiary/aromatic N) is 1. The average Bonchev–Trinajstić information content (AvgIpc) is 2.37. The third kappa shape index (κ3) is 3.87. The lowest BCUT2D eigenvalue weighted by Crippen LogP contribution is -2.58. The third-order valence-corrected chi connectivity index (χ3v) is 4.50. The van der Waals surface area contributed by atoms with Gasteiger partial charge in [-0.1, -0.05) is 19.3 Å². The van der Waals surface area contributed by atoms with Gasteiger partial charge in [0.2, 0.25) is 0 Å². The summed E-state index contributed by atoms with van der Waals surface area (Å²) in [5.41, 5.74) is 5.92. The molecule has 0 bridgehead atoms. The number of carbonyl (C=O) groups excluding carboxylic acids is 1. The Bertz CT molecular complexity index is 332. The maximum Gasteiger partial charge on any atom is 0.410 e. The van der Waals surface area contributed by atoms with Crippen molar-refractivity contribution in [1.29, 1.82) is 0 Å². The van der Waals surface area contributed by atoms with Crippen molar-refractivity contribution in [3.8, 4) is 0 Å². The van der Waals surface area contributed by atoms with Gasteiger partial charge in [0.25, 0.3) is 0 Å². The van der Waals surface area contributed by atoms with Crippen LogP contribution in [0.25, 0.3) is 0 Å². The van der Waals surface area contributed by atoms with Crippen LogP contribution in [0.3, 0.4) is 0 Å². The molecule has 2 fully saturated rings. The van der Waals surface area contributed by atoms with Gasteiger partial charge in [-0.3, -0.25) is 0 Å². The summed E-state index contributed by atoms with van der Waals surface area (Å²) in [5.74, 6) is 0.562. The summed E-state index contributed by atoms with van der Waals surface area (Å²) in [6.45, 7) is 6.56. The summed E-state index contributed by atoms with van der Waals surface area (Å²) in [5, 5.41) is 0. The highest BCUT2D eigenvalue weighted by molar-refractivity contribution is 5.69. The van der Waals surface area contributed by atoms with Crippen molar-refractivity contribution in [1.82, 2.24) is 4.90 Å². The fraction of sp³-hybridized carbons (Fsp3) is 0.938. The second-order valence-corrected chi connectivity index (χ2v) is 7.37. The Labute approximate surface area is 123 Å². The zero-order chi connectivity index (χ0) is 14.8. The van der Waals surface area contributed by atoms with Gasteiger partial charge in [-0.15, -0.1) is 0 Å². The van der Waals surface area contributed by atoms with Crippen molar-refractivity contribution < 1.29 is 9.53 Å². The van der Waals surface area contributed by atoms with Gasteiger partial charge in [0.05, 0.1) is 6.04 Å². The molecule has 4 heteroatoms. The van der Waals surface area contributed by atoms with E-state index in [0.29, 0.717) is 5.92 Å². The molecule has 116 valence electrons. The zero-order valence-corrected chi connectivity index (χ0v) is 13.2. The van der Waals surface area contributed by atoms with Crippen LogP contribution in [0.2, 0.25) is 0 Å². The first-order chi connectivity index (χ1) is 9.38. The molecular weight excluding hydrogens is 252 g/mol. The Morgan fingerprint density at radius 2 is 1.75 bits per heavy atom. The second kappa shape index (κ2) is 6.33. The van der Waals surface area contributed by atoms with Gasteiger partial charge in [0, 0.05) is 12.6 Å². The summed E-state index contributed by atoms with van der Waals surface area (Å²) < 4.78 is 5.58. The van der Waals surface area contributed by atoms with Crippen molar-refractivity contribution >= 4 is 6.09 Å². The summed E-state index contributed by atoms with van der Waals surface area (Å²) in [6.07, 6.45) is 8.12. The SMILES string of the molecule is CC(C)(C)OC(=O)N1CCCC(N)C1C1CCCCC1. The van der Waals surface area contributed by atoms with E-state index in [0.717, 1.165) is 19.4 Å². The summed E-state index contributed by atoms with van der Waals surface area (Å²) >= 11 is 0. The van der Waals surface area contributed by atoms with Gasteiger partial charge in [-0.2, -0.15) is 0 Å². The van der Waals surface area contributed by atoms with E-state index in [4.69, 9.17) is 10.5 Å². The molecule has 1 aliphatic heterocycles. The largest absolute Gasteiger partial charge is 0.444 e. The molecule has 1 aliphatic carbocycles. The quantitative estimate of drug-likeness (QED) is 0.803. The average molecular weight is 282 g/mol. The molecule has 1 saturated carbocycles. The van der Waals surface area contributed by atoms with Crippen LogP contribution in [0.15, 0.2) is 0 Å². The number of ether oxygens (including phenoxy) is 1. The van der Waals surface area contributed by atoms with Crippen molar-refractivity contribution in [3.05, 3.63) is 0 Å². The highest BCUT2D eigenvalue weighted by Gasteiger charge is 2.39. The molecule has 1 amide bonds. The Hall–Kier alpha value is -0.770. The number of likely N-dealkylation sites (tertiary alicyclic amines) is 1. The van der Waals surface area contributed by atoms with Crippen molar-refractivity contribution in [2.75, 3.05) is 6.54 Å². The second-order valence-electron chi connectivity index (χ2n) is 7.37. The third-order valence-electron chi connectivity index (χ3n) is 4.50. The smallest absolute Gasteiger partial charge is 0.410 e. The van der Waals surface area contributed by atoms with E-state index in [-0.39, 0.29) is 18.2 Å². The number of piperidine rings is 1. The van der Waals surface area contributed by atoms with Crippen LogP contribution in [0.4, 0.5) is 4.79 Å². The summed E-state index contributed by atoms with van der Waals surface area (Å²) in [7, 11) is 0. The van der Waals surface area contributed by atoms with Crippen molar-refractivity contribution in [3.63, 3.8) is 0 Å². The summed E-state index contributed by atoms with van der Waals surface area (Å²) in [4.78, 5) is 14.4. The first kappa shape index (κ1) is 15.6. The van der Waals surface area contributed by atoms with Crippen LogP contribution >= 0.6 is 0 Å². The fourth-order valence-electron chi connectivity index (χ4n) is 3.66. The van der Waals surface area contributed by atoms with E-state index in [1.807, 2.05) is 25.7 Å². The highest BCUT2D eigenvalue weighted by atomic mass is 16.6. The molecule has 0 aromatic heterocycles. The highest BCUT2D eigenvalue weighted by Crippen LogP contribution is 2.34. The van der Waals surface area contributed by atoms with Gasteiger partial charge in [-0.25, -0.2) is 4.79 Å². The first-order valence-electron chi connectivity index (χ1n) is 8.14. The first-order valence-corrected chi connectivity index (χ1v) is 8.14. The number of rotatable bonds is 1. The predicted octanol–water partition coefficient (Wildman–Crippen LogP) is 3.29. The number of hydrogen-bond donors (Lipinski definition) is 1. The molecule has 1 saturated heterocycles. The molecule has 2 N–H and O–H groups in total.